The lowest BCUT2D eigenvalue weighted by Gasteiger charge is -2.14. The van der Waals surface area contributed by atoms with Crippen molar-refractivity contribution in [3.63, 3.8) is 0 Å². The Kier molecular flexibility index (Phi) is 5.28. The summed E-state index contributed by atoms with van der Waals surface area (Å²) in [5.41, 5.74) is 0.186. The summed E-state index contributed by atoms with van der Waals surface area (Å²) in [5.74, 6) is -2.08. The third-order valence-electron chi connectivity index (χ3n) is 2.45. The van der Waals surface area contributed by atoms with Crippen LogP contribution in [-0.2, 0) is 14.9 Å². The molecule has 21 heavy (non-hydrogen) atoms. The van der Waals surface area contributed by atoms with Crippen LogP contribution in [0.4, 0.5) is 5.69 Å². The van der Waals surface area contributed by atoms with Crippen LogP contribution in [0.3, 0.4) is 0 Å². The van der Waals surface area contributed by atoms with E-state index in [-0.39, 0.29) is 28.7 Å². The molecule has 1 aromatic rings. The molecule has 1 rings (SSSR count). The van der Waals surface area contributed by atoms with Gasteiger partial charge in [-0.05, 0) is 6.07 Å². The van der Waals surface area contributed by atoms with Gasteiger partial charge in [-0.2, -0.15) is 8.42 Å². The molecular formula is C12H15NO7S. The lowest BCUT2D eigenvalue weighted by atomic mass is 10.1. The first-order chi connectivity index (χ1) is 9.67. The number of benzene rings is 1. The predicted octanol–water partition coefficient (Wildman–Crippen LogP) is 0.733. The molecule has 0 saturated carbocycles. The van der Waals surface area contributed by atoms with E-state index >= 15 is 0 Å². The van der Waals surface area contributed by atoms with E-state index in [1.165, 1.54) is 33.3 Å². The van der Waals surface area contributed by atoms with Gasteiger partial charge in [0.25, 0.3) is 10.1 Å². The van der Waals surface area contributed by atoms with Gasteiger partial charge in [0.2, 0.25) is 5.91 Å². The highest BCUT2D eigenvalue weighted by atomic mass is 32.2. The second-order valence-corrected chi connectivity index (χ2v) is 5.54. The van der Waals surface area contributed by atoms with Crippen molar-refractivity contribution in [3.05, 3.63) is 17.7 Å². The van der Waals surface area contributed by atoms with Crippen LogP contribution in [0.5, 0.6) is 11.5 Å². The number of ketones is 1. The van der Waals surface area contributed by atoms with E-state index < -0.39 is 21.7 Å². The summed E-state index contributed by atoms with van der Waals surface area (Å²) in [6.45, 7) is 1.29. The van der Waals surface area contributed by atoms with Crippen LogP contribution in [-0.4, -0.2) is 44.6 Å². The highest BCUT2D eigenvalue weighted by Gasteiger charge is 2.21. The molecule has 0 radical (unpaired) electrons. The largest absolute Gasteiger partial charge is 0.496 e. The summed E-state index contributed by atoms with van der Waals surface area (Å²) in [6, 6.07) is 2.56. The molecule has 0 heterocycles. The fraction of sp³-hybridized carbons (Fsp3) is 0.333. The van der Waals surface area contributed by atoms with Gasteiger partial charge in [-0.3, -0.25) is 14.1 Å². The Labute approximate surface area is 121 Å². The lowest BCUT2D eigenvalue weighted by molar-refractivity contribution is -0.114. The Balaban J connectivity index is 3.33. The molecule has 2 N–H and O–H groups in total. The van der Waals surface area contributed by atoms with E-state index in [0.29, 0.717) is 0 Å². The zero-order chi connectivity index (χ0) is 16.2. The quantitative estimate of drug-likeness (QED) is 0.586. The van der Waals surface area contributed by atoms with Gasteiger partial charge < -0.3 is 14.8 Å². The molecule has 0 aromatic heterocycles. The molecule has 9 heteroatoms. The fourth-order valence-corrected chi connectivity index (χ4v) is 2.13. The van der Waals surface area contributed by atoms with Crippen molar-refractivity contribution in [2.75, 3.05) is 25.3 Å². The first-order valence-corrected chi connectivity index (χ1v) is 7.30. The maximum absolute atomic E-state index is 11.9. The van der Waals surface area contributed by atoms with Gasteiger partial charge >= 0.3 is 0 Å². The number of amides is 1. The third-order valence-corrected chi connectivity index (χ3v) is 3.07. The average molecular weight is 317 g/mol. The summed E-state index contributed by atoms with van der Waals surface area (Å²) in [6.07, 6.45) is 0. The van der Waals surface area contributed by atoms with E-state index in [4.69, 9.17) is 14.0 Å². The third kappa shape index (κ3) is 4.72. The first-order valence-electron chi connectivity index (χ1n) is 5.70. The van der Waals surface area contributed by atoms with Gasteiger partial charge in [-0.15, -0.1) is 0 Å². The van der Waals surface area contributed by atoms with Crippen LogP contribution in [0.2, 0.25) is 0 Å². The number of rotatable bonds is 6. The van der Waals surface area contributed by atoms with E-state index in [2.05, 4.69) is 5.32 Å². The van der Waals surface area contributed by atoms with Gasteiger partial charge in [-0.25, -0.2) is 0 Å². The van der Waals surface area contributed by atoms with Crippen LogP contribution < -0.4 is 14.8 Å². The second kappa shape index (κ2) is 6.55. The SMILES string of the molecule is COc1cc(C(=O)CS(=O)(=O)O)c(OC)cc1NC(C)=O. The molecular weight excluding hydrogens is 302 g/mol. The summed E-state index contributed by atoms with van der Waals surface area (Å²) < 4.78 is 40.3. The number of carbonyl (C=O) groups excluding carboxylic acids is 2. The van der Waals surface area contributed by atoms with Crippen LogP contribution in [0.25, 0.3) is 0 Å². The molecule has 1 aromatic carbocycles. The normalized spacial score (nSPS) is 10.9. The monoisotopic (exact) mass is 317 g/mol. The Morgan fingerprint density at radius 1 is 1.19 bits per heavy atom. The van der Waals surface area contributed by atoms with Crippen LogP contribution in [0, 0.1) is 0 Å². The van der Waals surface area contributed by atoms with Crippen molar-refractivity contribution >= 4 is 27.5 Å². The molecule has 0 aliphatic rings. The summed E-state index contributed by atoms with van der Waals surface area (Å²) >= 11 is 0. The van der Waals surface area contributed by atoms with Crippen molar-refractivity contribution in [1.29, 1.82) is 0 Å². The minimum absolute atomic E-state index is 0.0493. The highest BCUT2D eigenvalue weighted by molar-refractivity contribution is 7.86. The van der Waals surface area contributed by atoms with E-state index in [1.54, 1.807) is 0 Å². The Bertz CT molecular complexity index is 666. The summed E-state index contributed by atoms with van der Waals surface area (Å²) in [5, 5.41) is 2.49. The molecule has 116 valence electrons. The molecule has 0 spiro atoms. The number of ether oxygens (including phenoxy) is 2. The van der Waals surface area contributed by atoms with Crippen LogP contribution in [0.15, 0.2) is 12.1 Å². The Morgan fingerprint density at radius 2 is 1.76 bits per heavy atom. The van der Waals surface area contributed by atoms with Gasteiger partial charge in [-0.1, -0.05) is 0 Å². The number of methoxy groups -OCH3 is 2. The molecule has 0 bridgehead atoms. The minimum Gasteiger partial charge on any atom is -0.496 e. The first kappa shape index (κ1) is 16.9. The predicted molar refractivity (Wildman–Crippen MR) is 74.6 cm³/mol. The van der Waals surface area contributed by atoms with Crippen LogP contribution >= 0.6 is 0 Å². The topological polar surface area (TPSA) is 119 Å². The number of hydrogen-bond donors (Lipinski definition) is 2. The number of nitrogens with one attached hydrogen (secondary N) is 1. The number of hydrogen-bond acceptors (Lipinski definition) is 6. The zero-order valence-electron chi connectivity index (χ0n) is 11.7. The molecule has 1 amide bonds. The Hall–Kier alpha value is -2.13. The number of anilines is 1. The zero-order valence-corrected chi connectivity index (χ0v) is 12.5. The molecule has 0 aliphatic heterocycles. The van der Waals surface area contributed by atoms with Crippen molar-refractivity contribution in [3.8, 4) is 11.5 Å². The molecule has 0 saturated heterocycles. The molecule has 0 aliphatic carbocycles. The Morgan fingerprint density at radius 3 is 2.19 bits per heavy atom. The maximum atomic E-state index is 11.9. The highest BCUT2D eigenvalue weighted by Crippen LogP contribution is 2.33. The molecule has 8 nitrogen and oxygen atoms in total. The maximum Gasteiger partial charge on any atom is 0.272 e. The van der Waals surface area contributed by atoms with Crippen LogP contribution in [0.1, 0.15) is 17.3 Å². The van der Waals surface area contributed by atoms with Gasteiger partial charge in [0, 0.05) is 13.0 Å². The van der Waals surface area contributed by atoms with Gasteiger partial charge in [0.05, 0.1) is 25.5 Å². The molecule has 0 atom stereocenters. The van der Waals surface area contributed by atoms with Crippen molar-refractivity contribution in [2.45, 2.75) is 6.92 Å². The number of carbonyl (C=O) groups is 2. The fourth-order valence-electron chi connectivity index (χ4n) is 1.65. The summed E-state index contributed by atoms with van der Waals surface area (Å²) in [4.78, 5) is 23.0. The molecule has 0 unspecified atom stereocenters. The van der Waals surface area contributed by atoms with Crippen molar-refractivity contribution < 1.29 is 32.0 Å². The second-order valence-electron chi connectivity index (χ2n) is 4.08. The average Bonchev–Trinajstić information content (AvgIpc) is 2.35. The van der Waals surface area contributed by atoms with E-state index in [1.807, 2.05) is 0 Å². The van der Waals surface area contributed by atoms with E-state index in [9.17, 15) is 18.0 Å². The summed E-state index contributed by atoms with van der Waals surface area (Å²) in [7, 11) is -1.86. The van der Waals surface area contributed by atoms with Gasteiger partial charge in [0.1, 0.15) is 17.3 Å². The van der Waals surface area contributed by atoms with E-state index in [0.717, 1.165) is 0 Å². The minimum atomic E-state index is -4.46. The smallest absolute Gasteiger partial charge is 0.272 e. The van der Waals surface area contributed by atoms with Crippen molar-refractivity contribution in [1.82, 2.24) is 0 Å². The van der Waals surface area contributed by atoms with Crippen molar-refractivity contribution in [2.24, 2.45) is 0 Å². The molecule has 0 fully saturated rings. The standard InChI is InChI=1S/C12H15NO7S/c1-7(14)13-9-5-11(19-2)8(4-12(9)20-3)10(15)6-21(16,17)18/h4-5H,6H2,1-3H3,(H,13,14)(H,16,17,18). The van der Waals surface area contributed by atoms with Gasteiger partial charge in [0.15, 0.2) is 5.78 Å². The lowest BCUT2D eigenvalue weighted by Crippen LogP contribution is -2.16. The number of Topliss-reactive ketones (excluding diaryl/α,β-unsaturated/α-hetero) is 1.